The number of carboxylic acids is 1. The molecule has 0 saturated carbocycles. The minimum atomic E-state index is -1.31. The van der Waals surface area contributed by atoms with E-state index in [1.54, 1.807) is 42.7 Å². The van der Waals surface area contributed by atoms with Crippen molar-refractivity contribution in [2.75, 3.05) is 0 Å². The van der Waals surface area contributed by atoms with E-state index < -0.39 is 17.0 Å². The Morgan fingerprint density at radius 3 is 2.54 bits per heavy atom. The zero-order valence-corrected chi connectivity index (χ0v) is 16.9. The second kappa shape index (κ2) is 7.59. The van der Waals surface area contributed by atoms with Gasteiger partial charge in [0, 0.05) is 11.6 Å². The molecule has 0 amide bonds. The van der Waals surface area contributed by atoms with Gasteiger partial charge in [-0.1, -0.05) is 41.4 Å². The van der Waals surface area contributed by atoms with E-state index in [1.807, 2.05) is 12.1 Å². The summed E-state index contributed by atoms with van der Waals surface area (Å²) in [4.78, 5) is 24.2. The molecule has 0 aliphatic heterocycles. The average Bonchev–Trinajstić information content (AvgIpc) is 2.60. The summed E-state index contributed by atoms with van der Waals surface area (Å²) in [6.45, 7) is 3.38. The first-order valence-corrected chi connectivity index (χ1v) is 9.37. The number of carbonyl (C=O) groups is 1. The quantitative estimate of drug-likeness (QED) is 0.643. The molecule has 0 saturated heterocycles. The van der Waals surface area contributed by atoms with Crippen LogP contribution in [0.5, 0.6) is 0 Å². The van der Waals surface area contributed by atoms with Gasteiger partial charge in [-0.2, -0.15) is 0 Å². The number of aromatic nitrogens is 1. The summed E-state index contributed by atoms with van der Waals surface area (Å²) in [6, 6.07) is 10.6. The van der Waals surface area contributed by atoms with Crippen molar-refractivity contribution in [1.29, 1.82) is 0 Å². The van der Waals surface area contributed by atoms with E-state index in [0.717, 1.165) is 11.1 Å². The Kier molecular flexibility index (Phi) is 5.53. The minimum absolute atomic E-state index is 0.142. The summed E-state index contributed by atoms with van der Waals surface area (Å²) in [6.07, 6.45) is 1.72. The fraction of sp³-hybridized carbons (Fsp3) is 0.238. The maximum atomic E-state index is 12.7. The smallest absolute Gasteiger partial charge is 0.341 e. The van der Waals surface area contributed by atoms with Gasteiger partial charge >= 0.3 is 5.97 Å². The maximum Gasteiger partial charge on any atom is 0.341 e. The third-order valence-corrected chi connectivity index (χ3v) is 5.22. The lowest BCUT2D eigenvalue weighted by atomic mass is 10.0. The Labute approximate surface area is 171 Å². The molecule has 1 heterocycles. The molecular formula is C21H19Cl2NO4. The van der Waals surface area contributed by atoms with Crippen LogP contribution in [-0.2, 0) is 13.0 Å². The maximum absolute atomic E-state index is 12.7. The summed E-state index contributed by atoms with van der Waals surface area (Å²) in [5.74, 6) is -1.31. The van der Waals surface area contributed by atoms with E-state index in [-0.39, 0.29) is 17.5 Å². The topological polar surface area (TPSA) is 79.5 Å². The van der Waals surface area contributed by atoms with Crippen LogP contribution in [0.25, 0.3) is 10.9 Å². The monoisotopic (exact) mass is 419 g/mol. The molecule has 3 aromatic rings. The highest BCUT2D eigenvalue weighted by Gasteiger charge is 2.19. The summed E-state index contributed by atoms with van der Waals surface area (Å²) in [7, 11) is 0. The number of aliphatic hydroxyl groups is 1. The van der Waals surface area contributed by atoms with Crippen LogP contribution in [0.1, 0.15) is 35.3 Å². The number of benzene rings is 2. The number of carboxylic acid groups (broad SMARTS) is 1. The lowest BCUT2D eigenvalue weighted by Crippen LogP contribution is -2.28. The van der Waals surface area contributed by atoms with Crippen molar-refractivity contribution in [3.05, 3.63) is 79.6 Å². The number of pyridine rings is 1. The van der Waals surface area contributed by atoms with E-state index in [4.69, 9.17) is 23.2 Å². The Morgan fingerprint density at radius 1 is 1.18 bits per heavy atom. The first kappa shape index (κ1) is 20.4. The van der Waals surface area contributed by atoms with E-state index in [2.05, 4.69) is 0 Å². The van der Waals surface area contributed by atoms with Gasteiger partial charge in [-0.3, -0.25) is 4.79 Å². The van der Waals surface area contributed by atoms with Crippen molar-refractivity contribution in [2.45, 2.75) is 32.4 Å². The van der Waals surface area contributed by atoms with Gasteiger partial charge in [0.2, 0.25) is 5.43 Å². The van der Waals surface area contributed by atoms with Crippen LogP contribution in [0.15, 0.2) is 47.4 Å². The highest BCUT2D eigenvalue weighted by atomic mass is 35.5. The zero-order chi connectivity index (χ0) is 20.6. The third-order valence-electron chi connectivity index (χ3n) is 4.36. The van der Waals surface area contributed by atoms with Gasteiger partial charge in [0.1, 0.15) is 5.56 Å². The molecule has 0 spiro atoms. The van der Waals surface area contributed by atoms with Gasteiger partial charge in [0.25, 0.3) is 0 Å². The number of aromatic carboxylic acids is 1. The van der Waals surface area contributed by atoms with Crippen LogP contribution in [0, 0.1) is 0 Å². The van der Waals surface area contributed by atoms with Crippen molar-refractivity contribution in [3.8, 4) is 0 Å². The zero-order valence-electron chi connectivity index (χ0n) is 15.4. The fourth-order valence-electron chi connectivity index (χ4n) is 3.16. The number of rotatable bonds is 5. The largest absolute Gasteiger partial charge is 0.477 e. The molecule has 0 aliphatic rings. The van der Waals surface area contributed by atoms with E-state index >= 15 is 0 Å². The summed E-state index contributed by atoms with van der Waals surface area (Å²) in [5.41, 5.74) is 0.178. The first-order chi connectivity index (χ1) is 13.1. The van der Waals surface area contributed by atoms with Gasteiger partial charge in [-0.25, -0.2) is 4.79 Å². The Morgan fingerprint density at radius 2 is 1.89 bits per heavy atom. The number of nitrogens with zero attached hydrogens (tertiary/aromatic N) is 1. The number of halogens is 2. The summed E-state index contributed by atoms with van der Waals surface area (Å²) < 4.78 is 1.59. The first-order valence-electron chi connectivity index (χ1n) is 8.61. The predicted molar refractivity (Wildman–Crippen MR) is 111 cm³/mol. The van der Waals surface area contributed by atoms with Gasteiger partial charge in [-0.05, 0) is 49.6 Å². The molecule has 1 aromatic heterocycles. The number of fused-ring (bicyclic) bond motifs is 1. The molecule has 0 atom stereocenters. The van der Waals surface area contributed by atoms with Crippen molar-refractivity contribution in [2.24, 2.45) is 0 Å². The van der Waals surface area contributed by atoms with E-state index in [0.29, 0.717) is 22.0 Å². The number of hydrogen-bond acceptors (Lipinski definition) is 3. The van der Waals surface area contributed by atoms with Gasteiger partial charge in [0.05, 0.1) is 27.7 Å². The molecule has 146 valence electrons. The molecule has 5 nitrogen and oxygen atoms in total. The Balaban J connectivity index is 2.17. The Hall–Kier alpha value is -2.34. The molecule has 0 bridgehead atoms. The molecule has 0 aliphatic carbocycles. The van der Waals surface area contributed by atoms with Crippen molar-refractivity contribution >= 4 is 40.1 Å². The Bertz CT molecular complexity index is 1130. The van der Waals surface area contributed by atoms with Gasteiger partial charge in [-0.15, -0.1) is 0 Å². The van der Waals surface area contributed by atoms with Crippen LogP contribution >= 0.6 is 23.2 Å². The molecule has 2 aromatic carbocycles. The van der Waals surface area contributed by atoms with Crippen molar-refractivity contribution in [3.63, 3.8) is 0 Å². The molecule has 28 heavy (non-hydrogen) atoms. The highest BCUT2D eigenvalue weighted by molar-refractivity contribution is 6.42. The van der Waals surface area contributed by atoms with Crippen molar-refractivity contribution < 1.29 is 15.0 Å². The highest BCUT2D eigenvalue weighted by Crippen LogP contribution is 2.28. The average molecular weight is 420 g/mol. The second-order valence-electron chi connectivity index (χ2n) is 7.36. The lowest BCUT2D eigenvalue weighted by Gasteiger charge is -2.21. The molecule has 3 rings (SSSR count). The summed E-state index contributed by atoms with van der Waals surface area (Å²) >= 11 is 12.3. The van der Waals surface area contributed by atoms with Crippen LogP contribution in [0.2, 0.25) is 10.0 Å². The third kappa shape index (κ3) is 4.22. The molecule has 0 radical (unpaired) electrons. The second-order valence-corrected chi connectivity index (χ2v) is 8.14. The fourth-order valence-corrected chi connectivity index (χ4v) is 3.55. The molecule has 7 heteroatoms. The van der Waals surface area contributed by atoms with Gasteiger partial charge in [0.15, 0.2) is 0 Å². The predicted octanol–water partition coefficient (Wildman–Crippen LogP) is 4.37. The van der Waals surface area contributed by atoms with Crippen LogP contribution < -0.4 is 5.43 Å². The van der Waals surface area contributed by atoms with Crippen molar-refractivity contribution in [1.82, 2.24) is 4.57 Å². The van der Waals surface area contributed by atoms with Crippen LogP contribution in [0.3, 0.4) is 0 Å². The van der Waals surface area contributed by atoms with Crippen LogP contribution in [-0.4, -0.2) is 26.4 Å². The van der Waals surface area contributed by atoms with E-state index in [1.165, 1.54) is 6.20 Å². The normalized spacial score (nSPS) is 11.8. The minimum Gasteiger partial charge on any atom is -0.477 e. The molecular weight excluding hydrogens is 401 g/mol. The van der Waals surface area contributed by atoms with Crippen LogP contribution in [0.4, 0.5) is 0 Å². The molecule has 0 unspecified atom stereocenters. The van der Waals surface area contributed by atoms with E-state index in [9.17, 15) is 19.8 Å². The summed E-state index contributed by atoms with van der Waals surface area (Å²) in [5, 5.41) is 20.7. The standard InChI is InChI=1S/C21H19Cl2NO4/c1-21(2,28)11-24-10-15(20(26)27)19(25)14-9-12(6-7-17(14)24)8-13-4-3-5-16(22)18(13)23/h3-7,9-10,28H,8,11H2,1-2H3,(H,26,27). The lowest BCUT2D eigenvalue weighted by molar-refractivity contribution is 0.0614. The SMILES string of the molecule is CC(C)(O)Cn1cc(C(=O)O)c(=O)c2cc(Cc3cccc(Cl)c3Cl)ccc21. The molecule has 2 N–H and O–H groups in total. The van der Waals surface area contributed by atoms with Gasteiger partial charge < -0.3 is 14.8 Å². The molecule has 0 fully saturated rings. The number of hydrogen-bond donors (Lipinski definition) is 2.